The van der Waals surface area contributed by atoms with Crippen LogP contribution < -0.4 is 0 Å². The van der Waals surface area contributed by atoms with Gasteiger partial charge < -0.3 is 5.11 Å². The number of pyridine rings is 1. The highest BCUT2D eigenvalue weighted by Gasteiger charge is 2.18. The van der Waals surface area contributed by atoms with Crippen molar-refractivity contribution in [2.45, 2.75) is 0 Å². The first-order valence-electron chi connectivity index (χ1n) is 4.95. The van der Waals surface area contributed by atoms with Gasteiger partial charge in [0.2, 0.25) is 5.95 Å². The highest BCUT2D eigenvalue weighted by molar-refractivity contribution is 6.44. The van der Waals surface area contributed by atoms with Crippen LogP contribution in [0.15, 0.2) is 24.3 Å². The van der Waals surface area contributed by atoms with Crippen LogP contribution in [0.5, 0.6) is 0 Å². The maximum Gasteiger partial charge on any atom is 0.337 e. The molecule has 3 nitrogen and oxygen atoms in total. The van der Waals surface area contributed by atoms with Crippen LogP contribution in [-0.2, 0) is 0 Å². The number of carbonyl (C=O) groups is 1. The molecule has 2 aromatic rings. The summed E-state index contributed by atoms with van der Waals surface area (Å²) in [6, 6.07) is 4.76. The van der Waals surface area contributed by atoms with Crippen LogP contribution in [0.4, 0.5) is 4.39 Å². The number of aromatic carboxylic acids is 1. The number of halogens is 4. The maximum atomic E-state index is 13.2. The van der Waals surface area contributed by atoms with Crippen molar-refractivity contribution >= 4 is 40.8 Å². The fourth-order valence-corrected chi connectivity index (χ4v) is 2.15. The van der Waals surface area contributed by atoms with E-state index >= 15 is 0 Å². The summed E-state index contributed by atoms with van der Waals surface area (Å²) in [6.45, 7) is 0. The highest BCUT2D eigenvalue weighted by Crippen LogP contribution is 2.35. The first-order valence-corrected chi connectivity index (χ1v) is 6.08. The number of aromatic nitrogens is 1. The summed E-state index contributed by atoms with van der Waals surface area (Å²) in [5.74, 6) is -2.06. The van der Waals surface area contributed by atoms with Gasteiger partial charge in [-0.3, -0.25) is 0 Å². The monoisotopic (exact) mass is 319 g/mol. The fraction of sp³-hybridized carbons (Fsp3) is 0. The molecule has 0 aliphatic rings. The molecular formula is C12H5Cl3FNO2. The molecular weight excluding hydrogens is 315 g/mol. The number of rotatable bonds is 2. The van der Waals surface area contributed by atoms with Gasteiger partial charge >= 0.3 is 5.97 Å². The zero-order chi connectivity index (χ0) is 14.2. The Morgan fingerprint density at radius 3 is 2.37 bits per heavy atom. The summed E-state index contributed by atoms with van der Waals surface area (Å²) in [4.78, 5) is 14.7. The van der Waals surface area contributed by atoms with E-state index in [0.29, 0.717) is 0 Å². The Morgan fingerprint density at radius 1 is 1.11 bits per heavy atom. The van der Waals surface area contributed by atoms with Gasteiger partial charge in [-0.15, -0.1) is 0 Å². The molecule has 7 heteroatoms. The minimum Gasteiger partial charge on any atom is -0.478 e. The van der Waals surface area contributed by atoms with E-state index in [4.69, 9.17) is 39.9 Å². The van der Waals surface area contributed by atoms with Crippen LogP contribution in [0.2, 0.25) is 15.1 Å². The molecule has 98 valence electrons. The van der Waals surface area contributed by atoms with Crippen molar-refractivity contribution in [2.75, 3.05) is 0 Å². The first kappa shape index (κ1) is 14.1. The van der Waals surface area contributed by atoms with Gasteiger partial charge in [-0.25, -0.2) is 9.78 Å². The lowest BCUT2D eigenvalue weighted by Gasteiger charge is -2.09. The molecule has 1 aromatic carbocycles. The number of hydrogen-bond acceptors (Lipinski definition) is 2. The van der Waals surface area contributed by atoms with Gasteiger partial charge in [0.25, 0.3) is 0 Å². The Balaban J connectivity index is 2.74. The van der Waals surface area contributed by atoms with E-state index in [1.54, 1.807) is 0 Å². The van der Waals surface area contributed by atoms with Crippen molar-refractivity contribution in [3.8, 4) is 11.3 Å². The Bertz CT molecular complexity index is 676. The highest BCUT2D eigenvalue weighted by atomic mass is 35.5. The van der Waals surface area contributed by atoms with Crippen LogP contribution in [0.1, 0.15) is 10.4 Å². The lowest BCUT2D eigenvalue weighted by Crippen LogP contribution is -2.03. The molecule has 1 N–H and O–H groups in total. The van der Waals surface area contributed by atoms with Crippen LogP contribution in [0.3, 0.4) is 0 Å². The first-order chi connectivity index (χ1) is 8.90. The average molecular weight is 321 g/mol. The Morgan fingerprint density at radius 2 is 1.74 bits per heavy atom. The van der Waals surface area contributed by atoms with E-state index < -0.39 is 11.9 Å². The summed E-state index contributed by atoms with van der Waals surface area (Å²) in [5, 5.41) is 9.58. The van der Waals surface area contributed by atoms with Crippen LogP contribution in [-0.4, -0.2) is 16.1 Å². The number of nitrogens with zero attached hydrogens (tertiary/aromatic N) is 1. The average Bonchev–Trinajstić information content (AvgIpc) is 2.33. The van der Waals surface area contributed by atoms with Gasteiger partial charge in [0.15, 0.2) is 0 Å². The Hall–Kier alpha value is -1.36. The summed E-state index contributed by atoms with van der Waals surface area (Å²) in [7, 11) is 0. The summed E-state index contributed by atoms with van der Waals surface area (Å²) >= 11 is 17.6. The lowest BCUT2D eigenvalue weighted by molar-refractivity contribution is 0.0697. The SMILES string of the molecule is O=C(O)c1ccc(F)nc1-c1cc(Cl)c(Cl)cc1Cl. The van der Waals surface area contributed by atoms with Crippen LogP contribution in [0, 0.1) is 5.95 Å². The minimum absolute atomic E-state index is 0.101. The van der Waals surface area contributed by atoms with Crippen molar-refractivity contribution in [2.24, 2.45) is 0 Å². The predicted molar refractivity (Wildman–Crippen MR) is 71.6 cm³/mol. The molecule has 0 aliphatic carbocycles. The standard InChI is InChI=1S/C12H5Cl3FNO2/c13-7-4-9(15)8(14)3-6(7)11-5(12(18)19)1-2-10(16)17-11/h1-4H,(H,18,19). The van der Waals surface area contributed by atoms with Crippen molar-refractivity contribution < 1.29 is 14.3 Å². The Labute approximate surface area is 122 Å². The molecule has 2 rings (SSSR count). The third kappa shape index (κ3) is 2.81. The number of hydrogen-bond donors (Lipinski definition) is 1. The molecule has 0 radical (unpaired) electrons. The second-order valence-corrected chi connectivity index (χ2v) is 4.80. The van der Waals surface area contributed by atoms with Gasteiger partial charge in [-0.05, 0) is 24.3 Å². The van der Waals surface area contributed by atoms with E-state index in [-0.39, 0.29) is 31.9 Å². The van der Waals surface area contributed by atoms with E-state index in [2.05, 4.69) is 4.98 Å². The molecule has 0 spiro atoms. The third-order valence-electron chi connectivity index (χ3n) is 2.36. The molecule has 0 fully saturated rings. The molecule has 0 bridgehead atoms. The molecule has 0 amide bonds. The molecule has 19 heavy (non-hydrogen) atoms. The molecule has 0 saturated heterocycles. The second kappa shape index (κ2) is 5.33. The molecule has 0 aliphatic heterocycles. The maximum absolute atomic E-state index is 13.2. The lowest BCUT2D eigenvalue weighted by atomic mass is 10.1. The smallest absolute Gasteiger partial charge is 0.337 e. The summed E-state index contributed by atoms with van der Waals surface area (Å²) in [6.07, 6.45) is 0. The minimum atomic E-state index is -1.25. The molecule has 1 aromatic heterocycles. The van der Waals surface area contributed by atoms with Crippen molar-refractivity contribution in [1.29, 1.82) is 0 Å². The normalized spacial score (nSPS) is 10.5. The van der Waals surface area contributed by atoms with Crippen LogP contribution >= 0.6 is 34.8 Å². The molecule has 0 unspecified atom stereocenters. The van der Waals surface area contributed by atoms with Gasteiger partial charge in [0.1, 0.15) is 0 Å². The molecule has 0 saturated carbocycles. The van der Waals surface area contributed by atoms with Gasteiger partial charge in [0.05, 0.1) is 26.3 Å². The fourth-order valence-electron chi connectivity index (χ4n) is 1.52. The van der Waals surface area contributed by atoms with Crippen molar-refractivity contribution in [1.82, 2.24) is 4.98 Å². The largest absolute Gasteiger partial charge is 0.478 e. The van der Waals surface area contributed by atoms with E-state index in [9.17, 15) is 9.18 Å². The number of carboxylic acid groups (broad SMARTS) is 1. The third-order valence-corrected chi connectivity index (χ3v) is 3.39. The second-order valence-electron chi connectivity index (χ2n) is 3.58. The number of benzene rings is 1. The van der Waals surface area contributed by atoms with Gasteiger partial charge in [-0.1, -0.05) is 34.8 Å². The molecule has 1 heterocycles. The zero-order valence-corrected chi connectivity index (χ0v) is 11.4. The predicted octanol–water partition coefficient (Wildman–Crippen LogP) is 4.55. The van der Waals surface area contributed by atoms with E-state index in [0.717, 1.165) is 12.1 Å². The van der Waals surface area contributed by atoms with Gasteiger partial charge in [0, 0.05) is 5.56 Å². The van der Waals surface area contributed by atoms with Crippen molar-refractivity contribution in [3.63, 3.8) is 0 Å². The quantitative estimate of drug-likeness (QED) is 0.652. The number of carboxylic acids is 1. The summed E-state index contributed by atoms with van der Waals surface area (Å²) in [5.41, 5.74) is -0.0780. The summed E-state index contributed by atoms with van der Waals surface area (Å²) < 4.78 is 13.2. The van der Waals surface area contributed by atoms with E-state index in [1.165, 1.54) is 12.1 Å². The van der Waals surface area contributed by atoms with Gasteiger partial charge in [-0.2, -0.15) is 4.39 Å². The van der Waals surface area contributed by atoms with E-state index in [1.807, 2.05) is 0 Å². The topological polar surface area (TPSA) is 50.2 Å². The Kier molecular flexibility index (Phi) is 3.94. The van der Waals surface area contributed by atoms with Crippen LogP contribution in [0.25, 0.3) is 11.3 Å². The van der Waals surface area contributed by atoms with Crippen molar-refractivity contribution in [3.05, 3.63) is 50.8 Å². The zero-order valence-electron chi connectivity index (χ0n) is 9.12. The molecule has 0 atom stereocenters.